The van der Waals surface area contributed by atoms with Crippen LogP contribution in [0.25, 0.3) is 0 Å². The van der Waals surface area contributed by atoms with Crippen LogP contribution in [-0.2, 0) is 0 Å². The molecule has 2 N–H and O–H groups in total. The van der Waals surface area contributed by atoms with Gasteiger partial charge in [-0.3, -0.25) is 0 Å². The molecule has 1 heterocycles. The first-order chi connectivity index (χ1) is 6.41. The third-order valence-electron chi connectivity index (χ3n) is 3.13. The summed E-state index contributed by atoms with van der Waals surface area (Å²) in [4.78, 5) is 2.44. The molecule has 0 saturated carbocycles. The fourth-order valence-corrected chi connectivity index (χ4v) is 2.90. The van der Waals surface area contributed by atoms with Crippen LogP contribution in [0.4, 0.5) is 0 Å². The maximum absolute atomic E-state index is 6.17. The molecule has 0 aromatic rings. The molecule has 3 heteroatoms. The minimum absolute atomic E-state index is 0.222. The molecule has 1 aliphatic heterocycles. The van der Waals surface area contributed by atoms with E-state index in [-0.39, 0.29) is 11.5 Å². The molecule has 0 aliphatic carbocycles. The zero-order chi connectivity index (χ0) is 10.8. The van der Waals surface area contributed by atoms with Crippen molar-refractivity contribution in [2.24, 2.45) is 11.1 Å². The number of hydrogen-bond acceptors (Lipinski definition) is 3. The summed E-state index contributed by atoms with van der Waals surface area (Å²) in [7, 11) is 2.21. The van der Waals surface area contributed by atoms with Gasteiger partial charge in [0.25, 0.3) is 0 Å². The fraction of sp³-hybridized carbons (Fsp3) is 1.00. The molecule has 1 aliphatic rings. The Morgan fingerprint density at radius 3 is 2.57 bits per heavy atom. The summed E-state index contributed by atoms with van der Waals surface area (Å²) in [5, 5.41) is 0. The van der Waals surface area contributed by atoms with Crippen molar-refractivity contribution in [3.8, 4) is 0 Å². The van der Waals surface area contributed by atoms with Crippen LogP contribution in [0.2, 0.25) is 0 Å². The largest absolute Gasteiger partial charge is 0.326 e. The molecule has 84 valence electrons. The van der Waals surface area contributed by atoms with E-state index in [1.807, 2.05) is 0 Å². The Morgan fingerprint density at radius 2 is 2.14 bits per heavy atom. The fourth-order valence-electron chi connectivity index (χ4n) is 1.60. The summed E-state index contributed by atoms with van der Waals surface area (Å²) in [5.74, 6) is 2.60. The van der Waals surface area contributed by atoms with Crippen LogP contribution >= 0.6 is 11.8 Å². The molecule has 2 atom stereocenters. The Balaban J connectivity index is 2.35. The molecule has 2 nitrogen and oxygen atoms in total. The summed E-state index contributed by atoms with van der Waals surface area (Å²) >= 11 is 2.06. The lowest BCUT2D eigenvalue weighted by atomic mass is 9.87. The number of nitrogens with zero attached hydrogens (tertiary/aromatic N) is 1. The van der Waals surface area contributed by atoms with Crippen molar-refractivity contribution in [2.75, 3.05) is 25.1 Å². The van der Waals surface area contributed by atoms with E-state index < -0.39 is 0 Å². The normalized spacial score (nSPS) is 25.7. The first-order valence-electron chi connectivity index (χ1n) is 5.45. The maximum Gasteiger partial charge on any atom is 0.0217 e. The summed E-state index contributed by atoms with van der Waals surface area (Å²) < 4.78 is 0. The molecule has 0 aromatic carbocycles. The van der Waals surface area contributed by atoms with Gasteiger partial charge in [0.2, 0.25) is 0 Å². The lowest BCUT2D eigenvalue weighted by Crippen LogP contribution is -2.47. The molecule has 0 bridgehead atoms. The van der Waals surface area contributed by atoms with Gasteiger partial charge in [0.1, 0.15) is 0 Å². The maximum atomic E-state index is 6.17. The summed E-state index contributed by atoms with van der Waals surface area (Å²) in [6.45, 7) is 7.67. The molecule has 2 unspecified atom stereocenters. The van der Waals surface area contributed by atoms with Gasteiger partial charge >= 0.3 is 0 Å². The SMILES string of the molecule is CN(CC(N)C(C)(C)C)C1CCSC1. The van der Waals surface area contributed by atoms with Crippen LogP contribution in [0.3, 0.4) is 0 Å². The van der Waals surface area contributed by atoms with E-state index in [2.05, 4.69) is 44.5 Å². The van der Waals surface area contributed by atoms with Crippen LogP contribution in [0.1, 0.15) is 27.2 Å². The van der Waals surface area contributed by atoms with Gasteiger partial charge in [0, 0.05) is 24.4 Å². The van der Waals surface area contributed by atoms with Crippen molar-refractivity contribution in [3.05, 3.63) is 0 Å². The standard InChI is InChI=1S/C11H24N2S/c1-11(2,3)10(12)7-13(4)9-5-6-14-8-9/h9-10H,5-8,12H2,1-4H3. The quantitative estimate of drug-likeness (QED) is 0.780. The third-order valence-corrected chi connectivity index (χ3v) is 4.27. The summed E-state index contributed by atoms with van der Waals surface area (Å²) in [6, 6.07) is 1.03. The average molecular weight is 216 g/mol. The molecule has 0 aromatic heterocycles. The topological polar surface area (TPSA) is 29.3 Å². The smallest absolute Gasteiger partial charge is 0.0217 e. The van der Waals surface area contributed by atoms with Crippen molar-refractivity contribution in [3.63, 3.8) is 0 Å². The van der Waals surface area contributed by atoms with Crippen LogP contribution in [0.15, 0.2) is 0 Å². The summed E-state index contributed by atoms with van der Waals surface area (Å²) in [6.07, 6.45) is 1.33. The van der Waals surface area contributed by atoms with Crippen molar-refractivity contribution in [1.82, 2.24) is 4.90 Å². The van der Waals surface area contributed by atoms with Crippen LogP contribution in [0.5, 0.6) is 0 Å². The Labute approximate surface area is 92.6 Å². The second kappa shape index (κ2) is 4.86. The number of rotatable bonds is 3. The average Bonchev–Trinajstić information content (AvgIpc) is 2.53. The highest BCUT2D eigenvalue weighted by molar-refractivity contribution is 7.99. The predicted octanol–water partition coefficient (Wildman–Crippen LogP) is 1.80. The molecule has 0 spiro atoms. The summed E-state index contributed by atoms with van der Waals surface area (Å²) in [5.41, 5.74) is 6.39. The third kappa shape index (κ3) is 3.44. The Morgan fingerprint density at radius 1 is 1.50 bits per heavy atom. The van der Waals surface area contributed by atoms with E-state index in [1.165, 1.54) is 17.9 Å². The lowest BCUT2D eigenvalue weighted by molar-refractivity contribution is 0.193. The molecular weight excluding hydrogens is 192 g/mol. The Bertz CT molecular complexity index is 171. The van der Waals surface area contributed by atoms with Gasteiger partial charge in [-0.25, -0.2) is 0 Å². The van der Waals surface area contributed by atoms with Gasteiger partial charge in [0.15, 0.2) is 0 Å². The molecule has 0 amide bonds. The second-order valence-electron chi connectivity index (χ2n) is 5.43. The minimum Gasteiger partial charge on any atom is -0.326 e. The van der Waals surface area contributed by atoms with Crippen molar-refractivity contribution in [2.45, 2.75) is 39.3 Å². The van der Waals surface area contributed by atoms with Gasteiger partial charge in [-0.05, 0) is 24.6 Å². The Kier molecular flexibility index (Phi) is 4.29. The first kappa shape index (κ1) is 12.3. The zero-order valence-electron chi connectivity index (χ0n) is 9.92. The minimum atomic E-state index is 0.222. The highest BCUT2D eigenvalue weighted by atomic mass is 32.2. The molecular formula is C11H24N2S. The first-order valence-corrected chi connectivity index (χ1v) is 6.60. The van der Waals surface area contributed by atoms with E-state index in [0.717, 1.165) is 12.6 Å². The van der Waals surface area contributed by atoms with Gasteiger partial charge in [-0.15, -0.1) is 0 Å². The van der Waals surface area contributed by atoms with E-state index in [4.69, 9.17) is 5.73 Å². The van der Waals surface area contributed by atoms with Crippen molar-refractivity contribution in [1.29, 1.82) is 0 Å². The number of hydrogen-bond donors (Lipinski definition) is 1. The zero-order valence-corrected chi connectivity index (χ0v) is 10.7. The van der Waals surface area contributed by atoms with Crippen LogP contribution in [0, 0.1) is 5.41 Å². The van der Waals surface area contributed by atoms with Gasteiger partial charge in [-0.2, -0.15) is 11.8 Å². The number of thioether (sulfide) groups is 1. The van der Waals surface area contributed by atoms with Crippen LogP contribution < -0.4 is 5.73 Å². The highest BCUT2D eigenvalue weighted by Crippen LogP contribution is 2.23. The molecule has 1 fully saturated rings. The van der Waals surface area contributed by atoms with E-state index >= 15 is 0 Å². The van der Waals surface area contributed by atoms with Crippen molar-refractivity contribution >= 4 is 11.8 Å². The number of nitrogens with two attached hydrogens (primary N) is 1. The second-order valence-corrected chi connectivity index (χ2v) is 6.58. The predicted molar refractivity (Wildman–Crippen MR) is 65.8 cm³/mol. The molecule has 1 rings (SSSR count). The molecule has 14 heavy (non-hydrogen) atoms. The van der Waals surface area contributed by atoms with E-state index in [9.17, 15) is 0 Å². The Hall–Kier alpha value is 0.270. The van der Waals surface area contributed by atoms with Gasteiger partial charge in [0.05, 0.1) is 0 Å². The van der Waals surface area contributed by atoms with Gasteiger partial charge in [-0.1, -0.05) is 20.8 Å². The van der Waals surface area contributed by atoms with E-state index in [0.29, 0.717) is 0 Å². The van der Waals surface area contributed by atoms with Crippen molar-refractivity contribution < 1.29 is 0 Å². The number of likely N-dealkylation sites (N-methyl/N-ethyl adjacent to an activating group) is 1. The monoisotopic (exact) mass is 216 g/mol. The van der Waals surface area contributed by atoms with E-state index in [1.54, 1.807) is 0 Å². The van der Waals surface area contributed by atoms with Crippen LogP contribution in [-0.4, -0.2) is 42.1 Å². The highest BCUT2D eigenvalue weighted by Gasteiger charge is 2.26. The lowest BCUT2D eigenvalue weighted by Gasteiger charge is -2.33. The molecule has 0 radical (unpaired) electrons. The van der Waals surface area contributed by atoms with Gasteiger partial charge < -0.3 is 10.6 Å². The molecule has 1 saturated heterocycles.